The highest BCUT2D eigenvalue weighted by Crippen LogP contribution is 2.20. The van der Waals surface area contributed by atoms with Crippen LogP contribution in [-0.4, -0.2) is 6.54 Å². The van der Waals surface area contributed by atoms with E-state index in [-0.39, 0.29) is 0 Å². The van der Waals surface area contributed by atoms with Crippen LogP contribution in [0.1, 0.15) is 11.1 Å². The van der Waals surface area contributed by atoms with Crippen molar-refractivity contribution in [2.45, 2.75) is 13.3 Å². The lowest BCUT2D eigenvalue weighted by Crippen LogP contribution is -2.07. The number of hydrogen-bond acceptors (Lipinski definition) is 2. The molecule has 18 heavy (non-hydrogen) atoms. The molecule has 3 N–H and O–H groups in total. The maximum Gasteiger partial charge on any atom is 0.0477 e. The maximum atomic E-state index is 5.73. The highest BCUT2D eigenvalue weighted by atomic mass is 127. The Bertz CT molecular complexity index is 538. The van der Waals surface area contributed by atoms with E-state index < -0.39 is 0 Å². The minimum absolute atomic E-state index is 0.809. The number of benzene rings is 2. The van der Waals surface area contributed by atoms with Crippen LogP contribution in [-0.2, 0) is 6.42 Å². The van der Waals surface area contributed by atoms with Crippen molar-refractivity contribution in [3.05, 3.63) is 57.2 Å². The second-order valence-electron chi connectivity index (χ2n) is 4.34. The first-order valence-corrected chi connectivity index (χ1v) is 7.08. The minimum Gasteiger partial charge on any atom is -0.399 e. The normalized spacial score (nSPS) is 10.3. The topological polar surface area (TPSA) is 38.0 Å². The van der Waals surface area contributed by atoms with E-state index in [1.54, 1.807) is 0 Å². The third-order valence-corrected chi connectivity index (χ3v) is 3.86. The van der Waals surface area contributed by atoms with Crippen LogP contribution >= 0.6 is 22.6 Å². The van der Waals surface area contributed by atoms with Crippen LogP contribution in [0, 0.1) is 10.5 Å². The number of halogens is 1. The second-order valence-corrected chi connectivity index (χ2v) is 5.50. The van der Waals surface area contributed by atoms with Crippen LogP contribution < -0.4 is 11.1 Å². The molecule has 0 radical (unpaired) electrons. The molecule has 0 aliphatic carbocycles. The standard InChI is InChI=1S/C15H17IN2/c1-11-4-2-3-5-12(11)8-9-18-15-7-6-13(17)10-14(15)16/h2-7,10,18H,8-9,17H2,1H3. The van der Waals surface area contributed by atoms with Crippen molar-refractivity contribution in [3.63, 3.8) is 0 Å². The molecule has 0 spiro atoms. The molecular weight excluding hydrogens is 335 g/mol. The molecule has 2 rings (SSSR count). The number of anilines is 2. The van der Waals surface area contributed by atoms with E-state index in [2.05, 4.69) is 59.1 Å². The second kappa shape index (κ2) is 6.09. The first-order valence-electron chi connectivity index (χ1n) is 6.00. The Balaban J connectivity index is 1.95. The van der Waals surface area contributed by atoms with Gasteiger partial charge >= 0.3 is 0 Å². The van der Waals surface area contributed by atoms with Crippen molar-refractivity contribution >= 4 is 34.0 Å². The quantitative estimate of drug-likeness (QED) is 0.648. The van der Waals surface area contributed by atoms with Gasteiger partial charge in [-0.2, -0.15) is 0 Å². The van der Waals surface area contributed by atoms with Crippen LogP contribution in [0.2, 0.25) is 0 Å². The van der Waals surface area contributed by atoms with Crippen molar-refractivity contribution < 1.29 is 0 Å². The summed E-state index contributed by atoms with van der Waals surface area (Å²) in [5.74, 6) is 0. The van der Waals surface area contributed by atoms with E-state index in [4.69, 9.17) is 5.73 Å². The fourth-order valence-electron chi connectivity index (χ4n) is 1.90. The monoisotopic (exact) mass is 352 g/mol. The van der Waals surface area contributed by atoms with Gasteiger partial charge in [0.15, 0.2) is 0 Å². The Kier molecular flexibility index (Phi) is 4.47. The van der Waals surface area contributed by atoms with Crippen LogP contribution in [0.4, 0.5) is 11.4 Å². The summed E-state index contributed by atoms with van der Waals surface area (Å²) in [4.78, 5) is 0. The molecule has 0 saturated carbocycles. The minimum atomic E-state index is 0.809. The van der Waals surface area contributed by atoms with Gasteiger partial charge in [0.1, 0.15) is 0 Å². The SMILES string of the molecule is Cc1ccccc1CCNc1ccc(N)cc1I. The molecule has 2 aromatic rings. The number of nitrogen functional groups attached to an aromatic ring is 1. The summed E-state index contributed by atoms with van der Waals surface area (Å²) in [6.45, 7) is 3.09. The molecule has 0 atom stereocenters. The summed E-state index contributed by atoms with van der Waals surface area (Å²) < 4.78 is 1.16. The number of aryl methyl sites for hydroxylation is 1. The highest BCUT2D eigenvalue weighted by molar-refractivity contribution is 14.1. The van der Waals surface area contributed by atoms with Gasteiger partial charge in [-0.3, -0.25) is 0 Å². The molecular formula is C15H17IN2. The zero-order chi connectivity index (χ0) is 13.0. The van der Waals surface area contributed by atoms with E-state index in [0.717, 1.165) is 27.9 Å². The Labute approximate surface area is 122 Å². The molecule has 0 heterocycles. The van der Waals surface area contributed by atoms with Crippen molar-refractivity contribution in [1.82, 2.24) is 0 Å². The third kappa shape index (κ3) is 3.38. The Hall–Kier alpha value is -1.23. The average Bonchev–Trinajstić information content (AvgIpc) is 2.34. The first kappa shape index (κ1) is 13.2. The van der Waals surface area contributed by atoms with Crippen molar-refractivity contribution in [2.24, 2.45) is 0 Å². The van der Waals surface area contributed by atoms with Crippen molar-refractivity contribution in [1.29, 1.82) is 0 Å². The molecule has 94 valence electrons. The van der Waals surface area contributed by atoms with Gasteiger partial charge in [0, 0.05) is 21.5 Å². The summed E-state index contributed by atoms with van der Waals surface area (Å²) in [5.41, 5.74) is 10.4. The van der Waals surface area contributed by atoms with E-state index in [1.165, 1.54) is 11.1 Å². The molecule has 2 aromatic carbocycles. The van der Waals surface area contributed by atoms with E-state index in [0.29, 0.717) is 0 Å². The van der Waals surface area contributed by atoms with Crippen LogP contribution in [0.15, 0.2) is 42.5 Å². The predicted molar refractivity (Wildman–Crippen MR) is 86.9 cm³/mol. The molecule has 0 aliphatic rings. The zero-order valence-electron chi connectivity index (χ0n) is 10.4. The molecule has 2 nitrogen and oxygen atoms in total. The van der Waals surface area contributed by atoms with Crippen LogP contribution in [0.3, 0.4) is 0 Å². The largest absolute Gasteiger partial charge is 0.399 e. The Morgan fingerprint density at radius 2 is 1.94 bits per heavy atom. The highest BCUT2D eigenvalue weighted by Gasteiger charge is 2.00. The first-order chi connectivity index (χ1) is 8.66. The lowest BCUT2D eigenvalue weighted by atomic mass is 10.1. The molecule has 0 bridgehead atoms. The van der Waals surface area contributed by atoms with Gasteiger partial charge in [0.25, 0.3) is 0 Å². The zero-order valence-corrected chi connectivity index (χ0v) is 12.6. The summed E-state index contributed by atoms with van der Waals surface area (Å²) in [6, 6.07) is 14.5. The van der Waals surface area contributed by atoms with Gasteiger partial charge in [-0.25, -0.2) is 0 Å². The van der Waals surface area contributed by atoms with Crippen molar-refractivity contribution in [3.8, 4) is 0 Å². The Morgan fingerprint density at radius 1 is 1.17 bits per heavy atom. The molecule has 0 aliphatic heterocycles. The average molecular weight is 352 g/mol. The summed E-state index contributed by atoms with van der Waals surface area (Å²) in [6.07, 6.45) is 1.03. The van der Waals surface area contributed by atoms with Crippen molar-refractivity contribution in [2.75, 3.05) is 17.6 Å². The maximum absolute atomic E-state index is 5.73. The predicted octanol–water partition coefficient (Wildman–Crippen LogP) is 3.84. The summed E-state index contributed by atoms with van der Waals surface area (Å²) in [5, 5.41) is 3.45. The molecule has 3 heteroatoms. The van der Waals surface area contributed by atoms with Gasteiger partial charge in [-0.15, -0.1) is 0 Å². The molecule has 0 aromatic heterocycles. The smallest absolute Gasteiger partial charge is 0.0477 e. The lowest BCUT2D eigenvalue weighted by Gasteiger charge is -2.10. The van der Waals surface area contributed by atoms with Gasteiger partial charge in [0.05, 0.1) is 0 Å². The summed E-state index contributed by atoms with van der Waals surface area (Å²) >= 11 is 2.30. The van der Waals surface area contributed by atoms with Crippen LogP contribution in [0.25, 0.3) is 0 Å². The van der Waals surface area contributed by atoms with E-state index in [9.17, 15) is 0 Å². The number of hydrogen-bond donors (Lipinski definition) is 2. The summed E-state index contributed by atoms with van der Waals surface area (Å²) in [7, 11) is 0. The van der Waals surface area contributed by atoms with Gasteiger partial charge < -0.3 is 11.1 Å². The molecule has 0 amide bonds. The van der Waals surface area contributed by atoms with E-state index >= 15 is 0 Å². The third-order valence-electron chi connectivity index (χ3n) is 2.96. The van der Waals surface area contributed by atoms with Gasteiger partial charge in [-0.1, -0.05) is 24.3 Å². The van der Waals surface area contributed by atoms with Gasteiger partial charge in [-0.05, 0) is 65.3 Å². The number of nitrogens with two attached hydrogens (primary N) is 1. The number of rotatable bonds is 4. The fraction of sp³-hybridized carbons (Fsp3) is 0.200. The number of nitrogens with one attached hydrogen (secondary N) is 1. The fourth-order valence-corrected chi connectivity index (χ4v) is 2.63. The van der Waals surface area contributed by atoms with E-state index in [1.807, 2.05) is 18.2 Å². The molecule has 0 saturated heterocycles. The van der Waals surface area contributed by atoms with Crippen LogP contribution in [0.5, 0.6) is 0 Å². The van der Waals surface area contributed by atoms with Gasteiger partial charge in [0.2, 0.25) is 0 Å². The Morgan fingerprint density at radius 3 is 2.67 bits per heavy atom. The lowest BCUT2D eigenvalue weighted by molar-refractivity contribution is 1.00. The molecule has 0 fully saturated rings. The molecule has 0 unspecified atom stereocenters.